The van der Waals surface area contributed by atoms with E-state index in [-0.39, 0.29) is 11.3 Å². The number of carbonyl (C=O) groups is 1. The zero-order valence-electron chi connectivity index (χ0n) is 11.8. The van der Waals surface area contributed by atoms with E-state index in [4.69, 9.17) is 5.73 Å². The molecule has 0 fully saturated rings. The monoisotopic (exact) mass is 268 g/mol. The molecule has 0 bridgehead atoms. The van der Waals surface area contributed by atoms with E-state index in [1.54, 1.807) is 0 Å². The van der Waals surface area contributed by atoms with Gasteiger partial charge in [-0.25, -0.2) is 0 Å². The lowest BCUT2D eigenvalue weighted by atomic mass is 9.93. The molecule has 0 saturated heterocycles. The largest absolute Gasteiger partial charge is 0.338 e. The fourth-order valence-corrected chi connectivity index (χ4v) is 2.82. The second-order valence-corrected chi connectivity index (χ2v) is 6.23. The van der Waals surface area contributed by atoms with Crippen molar-refractivity contribution in [2.75, 3.05) is 19.6 Å². The first-order chi connectivity index (χ1) is 8.45. The highest BCUT2D eigenvalue weighted by Crippen LogP contribution is 2.22. The molecule has 0 saturated carbocycles. The highest BCUT2D eigenvalue weighted by atomic mass is 32.1. The molecule has 0 aliphatic carbocycles. The average molecular weight is 268 g/mol. The first kappa shape index (κ1) is 15.2. The molecule has 0 aliphatic heterocycles. The van der Waals surface area contributed by atoms with Gasteiger partial charge in [0.2, 0.25) is 0 Å². The number of nitrogens with two attached hydrogens (primary N) is 1. The number of thiophene rings is 1. The number of aryl methyl sites for hydroxylation is 1. The second kappa shape index (κ2) is 6.34. The molecule has 1 heterocycles. The van der Waals surface area contributed by atoms with Crippen molar-refractivity contribution in [2.24, 2.45) is 11.1 Å². The zero-order chi connectivity index (χ0) is 13.8. The van der Waals surface area contributed by atoms with Gasteiger partial charge >= 0.3 is 0 Å². The fourth-order valence-electron chi connectivity index (χ4n) is 1.85. The van der Waals surface area contributed by atoms with Crippen LogP contribution in [0.5, 0.6) is 0 Å². The summed E-state index contributed by atoms with van der Waals surface area (Å²) in [6.07, 6.45) is 0.905. The van der Waals surface area contributed by atoms with Crippen LogP contribution in [0.4, 0.5) is 0 Å². The highest BCUT2D eigenvalue weighted by Gasteiger charge is 2.25. The smallest absolute Gasteiger partial charge is 0.264 e. The number of hydrogen-bond acceptors (Lipinski definition) is 3. The van der Waals surface area contributed by atoms with E-state index in [1.807, 2.05) is 23.3 Å². The average Bonchev–Trinajstić information content (AvgIpc) is 2.83. The Kier molecular flexibility index (Phi) is 5.35. The molecule has 1 aromatic heterocycles. The molecule has 1 aromatic rings. The predicted molar refractivity (Wildman–Crippen MR) is 78.1 cm³/mol. The SMILES string of the molecule is CCc1ccsc1C(=O)N(CC)CC(C)(C)CN. The van der Waals surface area contributed by atoms with Crippen molar-refractivity contribution in [2.45, 2.75) is 34.1 Å². The van der Waals surface area contributed by atoms with Gasteiger partial charge in [0.25, 0.3) is 5.91 Å². The van der Waals surface area contributed by atoms with Crippen LogP contribution < -0.4 is 5.73 Å². The third-order valence-corrected chi connectivity index (χ3v) is 4.11. The Morgan fingerprint density at radius 3 is 2.61 bits per heavy atom. The molecule has 0 aliphatic rings. The maximum Gasteiger partial charge on any atom is 0.264 e. The van der Waals surface area contributed by atoms with Crippen LogP contribution in [-0.4, -0.2) is 30.4 Å². The third-order valence-electron chi connectivity index (χ3n) is 3.16. The van der Waals surface area contributed by atoms with Crippen molar-refractivity contribution >= 4 is 17.2 Å². The summed E-state index contributed by atoms with van der Waals surface area (Å²) in [6, 6.07) is 2.04. The van der Waals surface area contributed by atoms with Gasteiger partial charge in [0, 0.05) is 13.1 Å². The quantitative estimate of drug-likeness (QED) is 0.862. The van der Waals surface area contributed by atoms with Crippen LogP contribution in [0.25, 0.3) is 0 Å². The summed E-state index contributed by atoms with van der Waals surface area (Å²) in [5.74, 6) is 0.144. The van der Waals surface area contributed by atoms with Crippen molar-refractivity contribution in [1.29, 1.82) is 0 Å². The van der Waals surface area contributed by atoms with Gasteiger partial charge in [0.05, 0.1) is 4.88 Å². The normalized spacial score (nSPS) is 11.6. The fraction of sp³-hybridized carbons (Fsp3) is 0.643. The molecule has 0 radical (unpaired) electrons. The summed E-state index contributed by atoms with van der Waals surface area (Å²) in [6.45, 7) is 10.3. The number of nitrogens with zero attached hydrogens (tertiary/aromatic N) is 1. The molecule has 18 heavy (non-hydrogen) atoms. The van der Waals surface area contributed by atoms with E-state index in [9.17, 15) is 4.79 Å². The van der Waals surface area contributed by atoms with E-state index in [0.29, 0.717) is 13.1 Å². The number of hydrogen-bond donors (Lipinski definition) is 1. The highest BCUT2D eigenvalue weighted by molar-refractivity contribution is 7.12. The Labute approximate surface area is 114 Å². The minimum absolute atomic E-state index is 0.0324. The topological polar surface area (TPSA) is 46.3 Å². The summed E-state index contributed by atoms with van der Waals surface area (Å²) in [4.78, 5) is 15.3. The maximum atomic E-state index is 12.5. The Balaban J connectivity index is 2.86. The Morgan fingerprint density at radius 1 is 1.44 bits per heavy atom. The third kappa shape index (κ3) is 3.56. The number of rotatable bonds is 6. The van der Waals surface area contributed by atoms with Gasteiger partial charge in [-0.15, -0.1) is 11.3 Å². The van der Waals surface area contributed by atoms with E-state index >= 15 is 0 Å². The van der Waals surface area contributed by atoms with Crippen molar-refractivity contribution in [3.05, 3.63) is 21.9 Å². The molecule has 0 atom stereocenters. The summed E-state index contributed by atoms with van der Waals surface area (Å²) >= 11 is 1.54. The van der Waals surface area contributed by atoms with Gasteiger partial charge in [0.15, 0.2) is 0 Å². The molecule has 2 N–H and O–H groups in total. The molecule has 0 spiro atoms. The van der Waals surface area contributed by atoms with Crippen LogP contribution in [0, 0.1) is 5.41 Å². The van der Waals surface area contributed by atoms with Crippen LogP contribution in [-0.2, 0) is 6.42 Å². The van der Waals surface area contributed by atoms with Gasteiger partial charge in [-0.05, 0) is 42.3 Å². The van der Waals surface area contributed by atoms with Crippen LogP contribution in [0.2, 0.25) is 0 Å². The van der Waals surface area contributed by atoms with Crippen LogP contribution in [0.3, 0.4) is 0 Å². The molecule has 3 nitrogen and oxygen atoms in total. The summed E-state index contributed by atoms with van der Waals surface area (Å²) in [5.41, 5.74) is 6.86. The Hall–Kier alpha value is -0.870. The summed E-state index contributed by atoms with van der Waals surface area (Å²) in [5, 5.41) is 1.99. The molecule has 4 heteroatoms. The van der Waals surface area contributed by atoms with Gasteiger partial charge < -0.3 is 10.6 Å². The van der Waals surface area contributed by atoms with Crippen molar-refractivity contribution in [3.63, 3.8) is 0 Å². The van der Waals surface area contributed by atoms with Crippen molar-refractivity contribution < 1.29 is 4.79 Å². The van der Waals surface area contributed by atoms with E-state index in [1.165, 1.54) is 11.3 Å². The molecule has 0 aromatic carbocycles. The molecule has 1 amide bonds. The van der Waals surface area contributed by atoms with Gasteiger partial charge in [-0.2, -0.15) is 0 Å². The summed E-state index contributed by atoms with van der Waals surface area (Å²) < 4.78 is 0. The lowest BCUT2D eigenvalue weighted by Crippen LogP contribution is -2.41. The summed E-state index contributed by atoms with van der Waals surface area (Å²) in [7, 11) is 0. The van der Waals surface area contributed by atoms with Crippen LogP contribution in [0.15, 0.2) is 11.4 Å². The number of amides is 1. The first-order valence-electron chi connectivity index (χ1n) is 6.51. The molecular weight excluding hydrogens is 244 g/mol. The Bertz CT molecular complexity index is 398. The maximum absolute atomic E-state index is 12.5. The van der Waals surface area contributed by atoms with E-state index in [0.717, 1.165) is 23.4 Å². The zero-order valence-corrected chi connectivity index (χ0v) is 12.6. The minimum Gasteiger partial charge on any atom is -0.338 e. The molecular formula is C14H24N2OS. The van der Waals surface area contributed by atoms with E-state index < -0.39 is 0 Å². The van der Waals surface area contributed by atoms with Gasteiger partial charge in [-0.1, -0.05) is 20.8 Å². The molecule has 0 unspecified atom stereocenters. The van der Waals surface area contributed by atoms with Crippen molar-refractivity contribution in [3.8, 4) is 0 Å². The second-order valence-electron chi connectivity index (χ2n) is 5.32. The van der Waals surface area contributed by atoms with Crippen LogP contribution >= 0.6 is 11.3 Å². The molecule has 1 rings (SSSR count). The van der Waals surface area contributed by atoms with Crippen molar-refractivity contribution in [1.82, 2.24) is 4.90 Å². The van der Waals surface area contributed by atoms with E-state index in [2.05, 4.69) is 20.8 Å². The first-order valence-corrected chi connectivity index (χ1v) is 7.38. The lowest BCUT2D eigenvalue weighted by molar-refractivity contribution is 0.0705. The van der Waals surface area contributed by atoms with Crippen LogP contribution in [0.1, 0.15) is 42.9 Å². The number of carbonyl (C=O) groups excluding carboxylic acids is 1. The lowest BCUT2D eigenvalue weighted by Gasteiger charge is -2.31. The van der Waals surface area contributed by atoms with Gasteiger partial charge in [-0.3, -0.25) is 4.79 Å². The molecule has 102 valence electrons. The standard InChI is InChI=1S/C14H24N2OS/c1-5-11-7-8-18-12(11)13(17)16(6-2)10-14(3,4)9-15/h7-8H,5-6,9-10,15H2,1-4H3. The predicted octanol–water partition coefficient (Wildman–Crippen LogP) is 2.76. The Morgan fingerprint density at radius 2 is 2.11 bits per heavy atom. The minimum atomic E-state index is -0.0324. The van der Waals surface area contributed by atoms with Gasteiger partial charge in [0.1, 0.15) is 0 Å².